The fourth-order valence-corrected chi connectivity index (χ4v) is 2.74. The molecule has 1 heterocycles. The van der Waals surface area contributed by atoms with Crippen molar-refractivity contribution in [2.24, 2.45) is 5.92 Å². The zero-order chi connectivity index (χ0) is 13.8. The highest BCUT2D eigenvalue weighted by Crippen LogP contribution is 2.28. The lowest BCUT2D eigenvalue weighted by Crippen LogP contribution is -2.36. The number of nitrogens with zero attached hydrogens (tertiary/aromatic N) is 1. The minimum atomic E-state index is -0.646. The Bertz CT molecular complexity index is 421. The molecule has 1 aromatic carbocycles. The number of halogens is 1. The molecule has 0 spiro atoms. The number of piperidine rings is 1. The maximum Gasteiger partial charge on any atom is 0.146 e. The van der Waals surface area contributed by atoms with E-state index in [1.54, 1.807) is 19.1 Å². The second kappa shape index (κ2) is 6.35. The molecule has 1 fully saturated rings. The Kier molecular flexibility index (Phi) is 4.77. The predicted molar refractivity (Wildman–Crippen MR) is 73.7 cm³/mol. The minimum absolute atomic E-state index is 0.196. The van der Waals surface area contributed by atoms with E-state index in [1.807, 2.05) is 4.90 Å². The van der Waals surface area contributed by atoms with Crippen molar-refractivity contribution in [3.63, 3.8) is 0 Å². The Hall–Kier alpha value is -1.13. The quantitative estimate of drug-likeness (QED) is 0.881. The van der Waals surface area contributed by atoms with E-state index in [0.717, 1.165) is 32.4 Å². The van der Waals surface area contributed by atoms with Crippen LogP contribution in [0.1, 0.15) is 37.9 Å². The van der Waals surface area contributed by atoms with E-state index in [0.29, 0.717) is 17.2 Å². The average Bonchev–Trinajstić information content (AvgIpc) is 2.39. The summed E-state index contributed by atoms with van der Waals surface area (Å²) in [5, 5.41) is 18.5. The maximum atomic E-state index is 14.1. The smallest absolute Gasteiger partial charge is 0.146 e. The summed E-state index contributed by atoms with van der Waals surface area (Å²) in [6.45, 7) is 3.48. The summed E-state index contributed by atoms with van der Waals surface area (Å²) in [4.78, 5) is 2.05. The van der Waals surface area contributed by atoms with Crippen LogP contribution in [0.25, 0.3) is 0 Å². The number of hydrogen-bond donors (Lipinski definition) is 2. The van der Waals surface area contributed by atoms with Gasteiger partial charge >= 0.3 is 0 Å². The molecule has 2 N–H and O–H groups in total. The van der Waals surface area contributed by atoms with E-state index < -0.39 is 6.10 Å². The molecule has 0 aliphatic carbocycles. The largest absolute Gasteiger partial charge is 0.396 e. The first-order chi connectivity index (χ1) is 9.11. The number of benzene rings is 1. The lowest BCUT2D eigenvalue weighted by molar-refractivity contribution is 0.199. The monoisotopic (exact) mass is 267 g/mol. The summed E-state index contributed by atoms with van der Waals surface area (Å²) in [7, 11) is 0. The predicted octanol–water partition coefficient (Wildman–Crippen LogP) is 2.48. The summed E-state index contributed by atoms with van der Waals surface area (Å²) < 4.78 is 14.1. The number of aliphatic hydroxyl groups excluding tert-OH is 2. The van der Waals surface area contributed by atoms with E-state index >= 15 is 0 Å². The van der Waals surface area contributed by atoms with Gasteiger partial charge in [-0.2, -0.15) is 0 Å². The minimum Gasteiger partial charge on any atom is -0.396 e. The van der Waals surface area contributed by atoms with Gasteiger partial charge in [0.25, 0.3) is 0 Å². The molecule has 3 nitrogen and oxygen atoms in total. The zero-order valence-electron chi connectivity index (χ0n) is 11.3. The van der Waals surface area contributed by atoms with Gasteiger partial charge in [-0.3, -0.25) is 0 Å². The molecule has 2 atom stereocenters. The van der Waals surface area contributed by atoms with Crippen LogP contribution in [-0.2, 0) is 0 Å². The SMILES string of the molecule is C[C@H](O)c1ccc(N2CCCC(CCO)C2)c(F)c1. The van der Waals surface area contributed by atoms with Crippen LogP contribution in [0.2, 0.25) is 0 Å². The molecule has 19 heavy (non-hydrogen) atoms. The number of hydrogen-bond acceptors (Lipinski definition) is 3. The lowest BCUT2D eigenvalue weighted by atomic mass is 9.94. The molecule has 106 valence electrons. The first-order valence-corrected chi connectivity index (χ1v) is 6.95. The van der Waals surface area contributed by atoms with Gasteiger partial charge in [0.15, 0.2) is 0 Å². The Morgan fingerprint density at radius 2 is 2.26 bits per heavy atom. The van der Waals surface area contributed by atoms with Gasteiger partial charge in [0.05, 0.1) is 11.8 Å². The van der Waals surface area contributed by atoms with Gasteiger partial charge in [-0.05, 0) is 49.8 Å². The molecule has 1 unspecified atom stereocenters. The van der Waals surface area contributed by atoms with Crippen molar-refractivity contribution in [3.05, 3.63) is 29.6 Å². The van der Waals surface area contributed by atoms with Crippen LogP contribution >= 0.6 is 0 Å². The third-order valence-corrected chi connectivity index (χ3v) is 3.85. The third kappa shape index (κ3) is 3.45. The fourth-order valence-electron chi connectivity index (χ4n) is 2.74. The van der Waals surface area contributed by atoms with Crippen LogP contribution < -0.4 is 4.90 Å². The number of anilines is 1. The highest BCUT2D eigenvalue weighted by molar-refractivity contribution is 5.49. The molecule has 1 aliphatic heterocycles. The molecule has 0 aromatic heterocycles. The molecule has 1 aliphatic rings. The van der Waals surface area contributed by atoms with E-state index in [1.165, 1.54) is 6.07 Å². The van der Waals surface area contributed by atoms with Crippen LogP contribution in [0.15, 0.2) is 18.2 Å². The highest BCUT2D eigenvalue weighted by atomic mass is 19.1. The van der Waals surface area contributed by atoms with E-state index in [2.05, 4.69) is 0 Å². The molecule has 0 radical (unpaired) electrons. The average molecular weight is 267 g/mol. The van der Waals surface area contributed by atoms with Gasteiger partial charge < -0.3 is 15.1 Å². The van der Waals surface area contributed by atoms with E-state index in [9.17, 15) is 9.50 Å². The van der Waals surface area contributed by atoms with Gasteiger partial charge in [-0.15, -0.1) is 0 Å². The molecule has 1 saturated heterocycles. The van der Waals surface area contributed by atoms with Crippen molar-refractivity contribution in [1.29, 1.82) is 0 Å². The summed E-state index contributed by atoms with van der Waals surface area (Å²) >= 11 is 0. The standard InChI is InChI=1S/C15H22FNO2/c1-11(19)13-4-5-15(14(16)9-13)17-7-2-3-12(10-17)6-8-18/h4-5,9,11-12,18-19H,2-3,6-8,10H2,1H3/t11-,12?/m0/s1. The molecular weight excluding hydrogens is 245 g/mol. The van der Waals surface area contributed by atoms with Crippen LogP contribution in [0.4, 0.5) is 10.1 Å². The molecule has 0 saturated carbocycles. The van der Waals surface area contributed by atoms with Crippen molar-refractivity contribution < 1.29 is 14.6 Å². The zero-order valence-corrected chi connectivity index (χ0v) is 11.3. The second-order valence-electron chi connectivity index (χ2n) is 5.35. The van der Waals surface area contributed by atoms with E-state index in [-0.39, 0.29) is 12.4 Å². The third-order valence-electron chi connectivity index (χ3n) is 3.85. The Morgan fingerprint density at radius 3 is 2.89 bits per heavy atom. The Labute approximate surface area is 113 Å². The summed E-state index contributed by atoms with van der Waals surface area (Å²) in [6, 6.07) is 4.94. The molecule has 0 bridgehead atoms. The van der Waals surface area contributed by atoms with Crippen molar-refractivity contribution in [2.45, 2.75) is 32.3 Å². The van der Waals surface area contributed by atoms with Gasteiger partial charge in [-0.25, -0.2) is 4.39 Å². The summed E-state index contributed by atoms with van der Waals surface area (Å²) in [6.07, 6.45) is 2.27. The van der Waals surface area contributed by atoms with Crippen molar-refractivity contribution >= 4 is 5.69 Å². The highest BCUT2D eigenvalue weighted by Gasteiger charge is 2.22. The van der Waals surface area contributed by atoms with E-state index in [4.69, 9.17) is 5.11 Å². The van der Waals surface area contributed by atoms with Crippen molar-refractivity contribution in [3.8, 4) is 0 Å². The topological polar surface area (TPSA) is 43.7 Å². The molecule has 1 aromatic rings. The van der Waals surface area contributed by atoms with Gasteiger partial charge in [-0.1, -0.05) is 6.07 Å². The Morgan fingerprint density at radius 1 is 1.47 bits per heavy atom. The van der Waals surface area contributed by atoms with Crippen LogP contribution in [0.5, 0.6) is 0 Å². The fraction of sp³-hybridized carbons (Fsp3) is 0.600. The maximum absolute atomic E-state index is 14.1. The van der Waals surface area contributed by atoms with Crippen molar-refractivity contribution in [2.75, 3.05) is 24.6 Å². The van der Waals surface area contributed by atoms with Crippen LogP contribution in [0, 0.1) is 11.7 Å². The Balaban J connectivity index is 2.12. The van der Waals surface area contributed by atoms with Crippen LogP contribution in [-0.4, -0.2) is 29.9 Å². The normalized spacial score (nSPS) is 21.5. The molecule has 2 rings (SSSR count). The van der Waals surface area contributed by atoms with Gasteiger partial charge in [0.2, 0.25) is 0 Å². The summed E-state index contributed by atoms with van der Waals surface area (Å²) in [5.74, 6) is 0.164. The second-order valence-corrected chi connectivity index (χ2v) is 5.35. The lowest BCUT2D eigenvalue weighted by Gasteiger charge is -2.34. The number of rotatable bonds is 4. The molecule has 4 heteroatoms. The van der Waals surface area contributed by atoms with Gasteiger partial charge in [0.1, 0.15) is 5.82 Å². The van der Waals surface area contributed by atoms with Crippen molar-refractivity contribution in [1.82, 2.24) is 0 Å². The molecular formula is C15H22FNO2. The van der Waals surface area contributed by atoms with Gasteiger partial charge in [0, 0.05) is 19.7 Å². The first kappa shape index (κ1) is 14.3. The first-order valence-electron chi connectivity index (χ1n) is 6.95. The molecule has 0 amide bonds. The number of aliphatic hydroxyl groups is 2. The van der Waals surface area contributed by atoms with Crippen LogP contribution in [0.3, 0.4) is 0 Å². The summed E-state index contributed by atoms with van der Waals surface area (Å²) in [5.41, 5.74) is 1.21.